The van der Waals surface area contributed by atoms with E-state index in [0.717, 1.165) is 12.0 Å². The fourth-order valence-electron chi connectivity index (χ4n) is 1.71. The average Bonchev–Trinajstić information content (AvgIpc) is 2.18. The van der Waals surface area contributed by atoms with Crippen molar-refractivity contribution in [2.75, 3.05) is 6.54 Å². The number of halogens is 1. The summed E-state index contributed by atoms with van der Waals surface area (Å²) in [7, 11) is 0. The van der Waals surface area contributed by atoms with E-state index < -0.39 is 6.09 Å². The van der Waals surface area contributed by atoms with Crippen LogP contribution in [0.5, 0.6) is 0 Å². The van der Waals surface area contributed by atoms with Crippen LogP contribution in [0.25, 0.3) is 0 Å². The van der Waals surface area contributed by atoms with Crippen LogP contribution in [-0.4, -0.2) is 22.6 Å². The minimum atomic E-state index is -0.874. The molecule has 0 saturated carbocycles. The standard InChI is InChI=1S/C10H10BrNO2/c11-9-8-4-2-1-3-7(8)5-6-12(9)10(13)14/h1-4,9H,5-6H2,(H,13,14). The van der Waals surface area contributed by atoms with Gasteiger partial charge in [0.25, 0.3) is 0 Å². The van der Waals surface area contributed by atoms with E-state index >= 15 is 0 Å². The molecule has 0 aromatic heterocycles. The lowest BCUT2D eigenvalue weighted by Gasteiger charge is -2.31. The first-order valence-electron chi connectivity index (χ1n) is 4.41. The number of carboxylic acid groups (broad SMARTS) is 1. The number of rotatable bonds is 0. The van der Waals surface area contributed by atoms with Gasteiger partial charge < -0.3 is 5.11 Å². The van der Waals surface area contributed by atoms with Crippen LogP contribution in [0, 0.1) is 0 Å². The third-order valence-electron chi connectivity index (χ3n) is 2.45. The van der Waals surface area contributed by atoms with Crippen LogP contribution < -0.4 is 0 Å². The first kappa shape index (κ1) is 9.52. The van der Waals surface area contributed by atoms with Gasteiger partial charge in [-0.2, -0.15) is 0 Å². The van der Waals surface area contributed by atoms with E-state index in [0.29, 0.717) is 6.54 Å². The van der Waals surface area contributed by atoms with Gasteiger partial charge in [0.15, 0.2) is 0 Å². The van der Waals surface area contributed by atoms with Gasteiger partial charge in [-0.05, 0) is 17.5 Å². The molecule has 0 spiro atoms. The van der Waals surface area contributed by atoms with Gasteiger partial charge >= 0.3 is 6.09 Å². The highest BCUT2D eigenvalue weighted by Crippen LogP contribution is 2.33. The summed E-state index contributed by atoms with van der Waals surface area (Å²) >= 11 is 3.40. The molecule has 74 valence electrons. The molecule has 1 aromatic rings. The molecule has 0 saturated heterocycles. The van der Waals surface area contributed by atoms with Crippen molar-refractivity contribution in [2.45, 2.75) is 11.4 Å². The Bertz CT molecular complexity index is 367. The topological polar surface area (TPSA) is 40.5 Å². The van der Waals surface area contributed by atoms with Gasteiger partial charge in [-0.15, -0.1) is 0 Å². The summed E-state index contributed by atoms with van der Waals surface area (Å²) in [6.45, 7) is 0.558. The van der Waals surface area contributed by atoms with E-state index in [1.165, 1.54) is 10.5 Å². The number of hydrogen-bond donors (Lipinski definition) is 1. The molecule has 0 bridgehead atoms. The van der Waals surface area contributed by atoms with Crippen molar-refractivity contribution in [1.29, 1.82) is 0 Å². The molecule has 4 heteroatoms. The van der Waals surface area contributed by atoms with Gasteiger partial charge in [0.05, 0.1) is 0 Å². The minimum absolute atomic E-state index is 0.204. The van der Waals surface area contributed by atoms with Gasteiger partial charge in [0.2, 0.25) is 0 Å². The Hall–Kier alpha value is -1.03. The zero-order chi connectivity index (χ0) is 10.1. The molecule has 3 nitrogen and oxygen atoms in total. The maximum absolute atomic E-state index is 10.9. The number of benzene rings is 1. The van der Waals surface area contributed by atoms with Crippen LogP contribution in [0.4, 0.5) is 4.79 Å². The highest BCUT2D eigenvalue weighted by atomic mass is 79.9. The summed E-state index contributed by atoms with van der Waals surface area (Å²) < 4.78 is 0. The Morgan fingerprint density at radius 2 is 2.21 bits per heavy atom. The molecule has 14 heavy (non-hydrogen) atoms. The van der Waals surface area contributed by atoms with E-state index in [1.807, 2.05) is 24.3 Å². The predicted molar refractivity (Wildman–Crippen MR) is 56.5 cm³/mol. The smallest absolute Gasteiger partial charge is 0.408 e. The maximum Gasteiger partial charge on any atom is 0.408 e. The lowest BCUT2D eigenvalue weighted by atomic mass is 10.0. The Kier molecular flexibility index (Phi) is 2.46. The third-order valence-corrected chi connectivity index (χ3v) is 3.44. The molecule has 0 radical (unpaired) electrons. The van der Waals surface area contributed by atoms with E-state index in [-0.39, 0.29) is 4.95 Å². The summed E-state index contributed by atoms with van der Waals surface area (Å²) in [5.41, 5.74) is 2.29. The van der Waals surface area contributed by atoms with Gasteiger partial charge in [-0.25, -0.2) is 4.79 Å². The molecule has 1 unspecified atom stereocenters. The molecular formula is C10H10BrNO2. The largest absolute Gasteiger partial charge is 0.465 e. The summed E-state index contributed by atoms with van der Waals surface area (Å²) in [5, 5.41) is 8.93. The highest BCUT2D eigenvalue weighted by molar-refractivity contribution is 9.09. The molecule has 1 atom stereocenters. The van der Waals surface area contributed by atoms with E-state index in [1.54, 1.807) is 0 Å². The van der Waals surface area contributed by atoms with Crippen molar-refractivity contribution in [2.24, 2.45) is 0 Å². The number of alkyl halides is 1. The number of carbonyl (C=O) groups is 1. The summed E-state index contributed by atoms with van der Waals surface area (Å²) in [6, 6.07) is 7.92. The maximum atomic E-state index is 10.9. The minimum Gasteiger partial charge on any atom is -0.465 e. The van der Waals surface area contributed by atoms with Crippen LogP contribution in [0.2, 0.25) is 0 Å². The summed E-state index contributed by atoms with van der Waals surface area (Å²) in [5.74, 6) is 0. The van der Waals surface area contributed by atoms with Crippen molar-refractivity contribution in [3.63, 3.8) is 0 Å². The van der Waals surface area contributed by atoms with Crippen LogP contribution >= 0.6 is 15.9 Å². The Morgan fingerprint density at radius 1 is 1.50 bits per heavy atom. The van der Waals surface area contributed by atoms with E-state index in [2.05, 4.69) is 15.9 Å². The second kappa shape index (κ2) is 3.61. The zero-order valence-electron chi connectivity index (χ0n) is 7.48. The first-order chi connectivity index (χ1) is 6.70. The number of hydrogen-bond acceptors (Lipinski definition) is 1. The molecule has 1 amide bonds. The fraction of sp³-hybridized carbons (Fsp3) is 0.300. The van der Waals surface area contributed by atoms with Gasteiger partial charge in [0.1, 0.15) is 4.95 Å². The number of amides is 1. The van der Waals surface area contributed by atoms with Crippen molar-refractivity contribution in [1.82, 2.24) is 4.90 Å². The van der Waals surface area contributed by atoms with Crippen LogP contribution in [0.15, 0.2) is 24.3 Å². The van der Waals surface area contributed by atoms with Gasteiger partial charge in [0, 0.05) is 6.54 Å². The first-order valence-corrected chi connectivity index (χ1v) is 5.33. The van der Waals surface area contributed by atoms with Crippen molar-refractivity contribution < 1.29 is 9.90 Å². The molecule has 0 fully saturated rings. The lowest BCUT2D eigenvalue weighted by molar-refractivity contribution is 0.139. The lowest BCUT2D eigenvalue weighted by Crippen LogP contribution is -2.36. The Labute approximate surface area is 90.5 Å². The SMILES string of the molecule is O=C(O)N1CCc2ccccc2C1Br. The quantitative estimate of drug-likeness (QED) is 0.572. The van der Waals surface area contributed by atoms with Crippen molar-refractivity contribution >= 4 is 22.0 Å². The molecule has 0 aliphatic carbocycles. The monoisotopic (exact) mass is 255 g/mol. The normalized spacial score (nSPS) is 20.4. The van der Waals surface area contributed by atoms with Gasteiger partial charge in [-0.1, -0.05) is 40.2 Å². The second-order valence-corrected chi connectivity index (χ2v) is 4.13. The van der Waals surface area contributed by atoms with Crippen molar-refractivity contribution in [3.05, 3.63) is 35.4 Å². The van der Waals surface area contributed by atoms with E-state index in [4.69, 9.17) is 5.11 Å². The molecule has 1 aliphatic heterocycles. The summed E-state index contributed by atoms with van der Waals surface area (Å²) in [4.78, 5) is 12.1. The fourth-order valence-corrected chi connectivity index (χ4v) is 2.54. The predicted octanol–water partition coefficient (Wildman–Crippen LogP) is 2.62. The second-order valence-electron chi connectivity index (χ2n) is 3.26. The molecule has 1 aliphatic rings. The third kappa shape index (κ3) is 1.50. The zero-order valence-corrected chi connectivity index (χ0v) is 9.07. The Balaban J connectivity index is 2.36. The molecular weight excluding hydrogens is 246 g/mol. The van der Waals surface area contributed by atoms with Crippen LogP contribution in [0.3, 0.4) is 0 Å². The van der Waals surface area contributed by atoms with Crippen LogP contribution in [-0.2, 0) is 6.42 Å². The molecule has 1 aromatic carbocycles. The highest BCUT2D eigenvalue weighted by Gasteiger charge is 2.27. The van der Waals surface area contributed by atoms with Gasteiger partial charge in [-0.3, -0.25) is 4.90 Å². The number of nitrogens with zero attached hydrogens (tertiary/aromatic N) is 1. The average molecular weight is 256 g/mol. The molecule has 2 rings (SSSR count). The van der Waals surface area contributed by atoms with Crippen LogP contribution in [0.1, 0.15) is 16.1 Å². The molecule has 1 heterocycles. The van der Waals surface area contributed by atoms with Crippen molar-refractivity contribution in [3.8, 4) is 0 Å². The van der Waals surface area contributed by atoms with E-state index in [9.17, 15) is 4.79 Å². The number of fused-ring (bicyclic) bond motifs is 1. The summed E-state index contributed by atoms with van der Waals surface area (Å²) in [6.07, 6.45) is -0.0775. The molecule has 1 N–H and O–H groups in total. The Morgan fingerprint density at radius 3 is 2.93 bits per heavy atom.